The molecule has 0 aliphatic carbocycles. The summed E-state index contributed by atoms with van der Waals surface area (Å²) in [5.74, 6) is -1.64. The normalized spacial score (nSPS) is 10.6. The lowest BCUT2D eigenvalue weighted by molar-refractivity contribution is -0.118. The molecule has 0 aliphatic heterocycles. The van der Waals surface area contributed by atoms with Crippen molar-refractivity contribution in [3.05, 3.63) is 95.3 Å². The number of methoxy groups -OCH3 is 1. The summed E-state index contributed by atoms with van der Waals surface area (Å²) in [6, 6.07) is 19.7. The van der Waals surface area contributed by atoms with Crippen molar-refractivity contribution >= 4 is 35.2 Å². The predicted octanol–water partition coefficient (Wildman–Crippen LogP) is 4.18. The van der Waals surface area contributed by atoms with Crippen molar-refractivity contribution in [3.8, 4) is 11.8 Å². The summed E-state index contributed by atoms with van der Waals surface area (Å²) in [7, 11) is 1.27. The molecule has 35 heavy (non-hydrogen) atoms. The fourth-order valence-electron chi connectivity index (χ4n) is 2.89. The standard InChI is InChI=1S/C26H20FN3O5/c1-34-26(33)18-5-9-22(10-6-18)30-25(32)19(15-28)13-17-3-2-4-23(14-17)35-16-24(31)29-21-11-7-20(27)8-12-21/h2-14H,16H2,1H3,(H,29,31)(H,30,32)/b19-13-. The van der Waals surface area contributed by atoms with Crippen molar-refractivity contribution in [2.45, 2.75) is 0 Å². The number of halogens is 1. The van der Waals surface area contributed by atoms with E-state index in [9.17, 15) is 24.0 Å². The molecule has 8 nitrogen and oxygen atoms in total. The Morgan fingerprint density at radius 2 is 1.63 bits per heavy atom. The molecule has 3 aromatic carbocycles. The minimum absolute atomic E-state index is 0.159. The zero-order chi connectivity index (χ0) is 25.2. The van der Waals surface area contributed by atoms with Gasteiger partial charge in [-0.15, -0.1) is 0 Å². The monoisotopic (exact) mass is 473 g/mol. The van der Waals surface area contributed by atoms with Crippen molar-refractivity contribution in [1.82, 2.24) is 0 Å². The Morgan fingerprint density at radius 1 is 0.971 bits per heavy atom. The molecule has 176 valence electrons. The molecule has 0 radical (unpaired) electrons. The third-order valence-corrected chi connectivity index (χ3v) is 4.60. The molecule has 0 saturated heterocycles. The Labute approximate surface area is 200 Å². The topological polar surface area (TPSA) is 118 Å². The largest absolute Gasteiger partial charge is 0.484 e. The number of carbonyl (C=O) groups excluding carboxylic acids is 3. The predicted molar refractivity (Wildman–Crippen MR) is 127 cm³/mol. The Kier molecular flexibility index (Phi) is 8.29. The van der Waals surface area contributed by atoms with Crippen molar-refractivity contribution < 1.29 is 28.2 Å². The maximum atomic E-state index is 13.0. The molecular weight excluding hydrogens is 453 g/mol. The van der Waals surface area contributed by atoms with E-state index in [2.05, 4.69) is 15.4 Å². The quantitative estimate of drug-likeness (QED) is 0.288. The highest BCUT2D eigenvalue weighted by Gasteiger charge is 2.11. The van der Waals surface area contributed by atoms with Crippen LogP contribution in [0.1, 0.15) is 15.9 Å². The lowest BCUT2D eigenvalue weighted by Crippen LogP contribution is -2.20. The van der Waals surface area contributed by atoms with Crippen LogP contribution in [0.5, 0.6) is 5.75 Å². The second kappa shape index (κ2) is 11.8. The summed E-state index contributed by atoms with van der Waals surface area (Å²) in [5.41, 5.74) is 1.50. The molecule has 0 fully saturated rings. The van der Waals surface area contributed by atoms with Crippen LogP contribution in [-0.2, 0) is 14.3 Å². The van der Waals surface area contributed by atoms with Gasteiger partial charge >= 0.3 is 5.97 Å². The highest BCUT2D eigenvalue weighted by Crippen LogP contribution is 2.18. The SMILES string of the molecule is COC(=O)c1ccc(NC(=O)/C(C#N)=C\c2cccc(OCC(=O)Nc3ccc(F)cc3)c2)cc1. The Bertz CT molecular complexity index is 1300. The van der Waals surface area contributed by atoms with Crippen LogP contribution in [0.25, 0.3) is 6.08 Å². The number of nitrogens with one attached hydrogen (secondary N) is 2. The minimum Gasteiger partial charge on any atom is -0.484 e. The van der Waals surface area contributed by atoms with Crippen molar-refractivity contribution in [2.24, 2.45) is 0 Å². The summed E-state index contributed by atoms with van der Waals surface area (Å²) < 4.78 is 23.1. The summed E-state index contributed by atoms with van der Waals surface area (Å²) in [6.07, 6.45) is 1.38. The molecule has 0 aromatic heterocycles. The first-order valence-corrected chi connectivity index (χ1v) is 10.3. The molecule has 9 heteroatoms. The lowest BCUT2D eigenvalue weighted by atomic mass is 10.1. The van der Waals surface area contributed by atoms with Gasteiger partial charge in [0.1, 0.15) is 23.2 Å². The van der Waals surface area contributed by atoms with Gasteiger partial charge in [-0.05, 0) is 72.3 Å². The number of nitriles is 1. The average molecular weight is 473 g/mol. The van der Waals surface area contributed by atoms with Crippen LogP contribution >= 0.6 is 0 Å². The molecule has 0 heterocycles. The van der Waals surface area contributed by atoms with Gasteiger partial charge in [0, 0.05) is 11.4 Å². The Balaban J connectivity index is 1.61. The van der Waals surface area contributed by atoms with Gasteiger partial charge in [-0.25, -0.2) is 9.18 Å². The molecule has 0 saturated carbocycles. The van der Waals surface area contributed by atoms with E-state index in [0.717, 1.165) is 0 Å². The first-order chi connectivity index (χ1) is 16.9. The number of nitrogens with zero attached hydrogens (tertiary/aromatic N) is 1. The molecular formula is C26H20FN3O5. The fourth-order valence-corrected chi connectivity index (χ4v) is 2.89. The van der Waals surface area contributed by atoms with Gasteiger partial charge in [0.2, 0.25) is 0 Å². The highest BCUT2D eigenvalue weighted by molar-refractivity contribution is 6.09. The van der Waals surface area contributed by atoms with Crippen LogP contribution in [-0.4, -0.2) is 31.5 Å². The smallest absolute Gasteiger partial charge is 0.337 e. The van der Waals surface area contributed by atoms with E-state index in [4.69, 9.17) is 4.74 Å². The van der Waals surface area contributed by atoms with Gasteiger partial charge in [-0.1, -0.05) is 12.1 Å². The van der Waals surface area contributed by atoms with Gasteiger partial charge in [0.05, 0.1) is 12.7 Å². The van der Waals surface area contributed by atoms with Crippen LogP contribution in [0.15, 0.2) is 78.4 Å². The van der Waals surface area contributed by atoms with Crippen LogP contribution in [0.2, 0.25) is 0 Å². The van der Waals surface area contributed by atoms with Crippen molar-refractivity contribution in [2.75, 3.05) is 24.4 Å². The molecule has 2 amide bonds. The van der Waals surface area contributed by atoms with Crippen LogP contribution in [0.4, 0.5) is 15.8 Å². The summed E-state index contributed by atoms with van der Waals surface area (Å²) in [4.78, 5) is 36.1. The Hall–Kier alpha value is -4.97. The van der Waals surface area contributed by atoms with E-state index in [1.807, 2.05) is 6.07 Å². The maximum absolute atomic E-state index is 13.0. The third kappa shape index (κ3) is 7.27. The number of benzene rings is 3. The third-order valence-electron chi connectivity index (χ3n) is 4.60. The second-order valence-corrected chi connectivity index (χ2v) is 7.11. The van der Waals surface area contributed by atoms with Crippen molar-refractivity contribution in [1.29, 1.82) is 5.26 Å². The average Bonchev–Trinajstić information content (AvgIpc) is 2.87. The van der Waals surface area contributed by atoms with Crippen LogP contribution < -0.4 is 15.4 Å². The first-order valence-electron chi connectivity index (χ1n) is 10.3. The zero-order valence-corrected chi connectivity index (χ0v) is 18.6. The van der Waals surface area contributed by atoms with Crippen molar-refractivity contribution in [3.63, 3.8) is 0 Å². The number of esters is 1. The number of hydrogen-bond acceptors (Lipinski definition) is 6. The van der Waals surface area contributed by atoms with Gasteiger partial charge in [-0.3, -0.25) is 9.59 Å². The molecule has 3 aromatic rings. The number of carbonyl (C=O) groups is 3. The van der Waals surface area contributed by atoms with Gasteiger partial charge < -0.3 is 20.1 Å². The summed E-state index contributed by atoms with van der Waals surface area (Å²) >= 11 is 0. The van der Waals surface area contributed by atoms with E-state index in [0.29, 0.717) is 28.3 Å². The van der Waals surface area contributed by atoms with E-state index >= 15 is 0 Å². The number of amides is 2. The molecule has 3 rings (SSSR count). The summed E-state index contributed by atoms with van der Waals surface area (Å²) in [6.45, 7) is -0.294. The lowest BCUT2D eigenvalue weighted by Gasteiger charge is -2.08. The number of rotatable bonds is 8. The molecule has 0 atom stereocenters. The minimum atomic E-state index is -0.636. The van der Waals surface area contributed by atoms with E-state index in [-0.39, 0.29) is 12.2 Å². The van der Waals surface area contributed by atoms with Gasteiger partial charge in [0.25, 0.3) is 11.8 Å². The first kappa shape index (κ1) is 24.7. The molecule has 2 N–H and O–H groups in total. The number of anilines is 2. The van der Waals surface area contributed by atoms with Gasteiger partial charge in [-0.2, -0.15) is 5.26 Å². The molecule has 0 bridgehead atoms. The van der Waals surface area contributed by atoms with Crippen LogP contribution in [0.3, 0.4) is 0 Å². The molecule has 0 aliphatic rings. The van der Waals surface area contributed by atoms with E-state index < -0.39 is 23.6 Å². The summed E-state index contributed by atoms with van der Waals surface area (Å²) in [5, 5.41) is 14.6. The Morgan fingerprint density at radius 3 is 2.29 bits per heavy atom. The van der Waals surface area contributed by atoms with E-state index in [1.165, 1.54) is 61.7 Å². The fraction of sp³-hybridized carbons (Fsp3) is 0.0769. The maximum Gasteiger partial charge on any atom is 0.337 e. The van der Waals surface area contributed by atoms with Crippen LogP contribution in [0, 0.1) is 17.1 Å². The zero-order valence-electron chi connectivity index (χ0n) is 18.6. The van der Waals surface area contributed by atoms with E-state index in [1.54, 1.807) is 24.3 Å². The number of hydrogen-bond donors (Lipinski definition) is 2. The molecule has 0 spiro atoms. The van der Waals surface area contributed by atoms with Gasteiger partial charge in [0.15, 0.2) is 6.61 Å². The number of ether oxygens (including phenoxy) is 2. The second-order valence-electron chi connectivity index (χ2n) is 7.11. The highest BCUT2D eigenvalue weighted by atomic mass is 19.1. The molecule has 0 unspecified atom stereocenters.